The number of methoxy groups -OCH3 is 1. The Morgan fingerprint density at radius 3 is 2.56 bits per heavy atom. The number of carbonyl (C=O) groups excluding carboxylic acids is 1. The second-order valence-electron chi connectivity index (χ2n) is 8.99. The molecule has 36 heavy (non-hydrogen) atoms. The Balaban J connectivity index is 1.62. The Hall–Kier alpha value is -3.10. The van der Waals surface area contributed by atoms with Crippen LogP contribution in [0.25, 0.3) is 0 Å². The molecule has 0 spiro atoms. The molecule has 1 unspecified atom stereocenters. The van der Waals surface area contributed by atoms with Crippen molar-refractivity contribution in [2.45, 2.75) is 31.9 Å². The summed E-state index contributed by atoms with van der Waals surface area (Å²) in [5.74, 6) is -1.36. The molecular weight excluding hydrogens is 553 g/mol. The molecule has 188 valence electrons. The molecule has 1 atom stereocenters. The highest BCUT2D eigenvalue weighted by Gasteiger charge is 2.38. The average molecular weight is 577 g/mol. The van der Waals surface area contributed by atoms with Crippen molar-refractivity contribution in [2.75, 3.05) is 13.7 Å². The van der Waals surface area contributed by atoms with E-state index in [4.69, 9.17) is 21.1 Å². The minimum Gasteiger partial charge on any atom is -0.493 e. The van der Waals surface area contributed by atoms with E-state index in [2.05, 4.69) is 15.9 Å². The summed E-state index contributed by atoms with van der Waals surface area (Å²) < 4.78 is 26.8. The van der Waals surface area contributed by atoms with Gasteiger partial charge < -0.3 is 19.5 Å². The van der Waals surface area contributed by atoms with Crippen molar-refractivity contribution in [3.05, 3.63) is 92.2 Å². The Kier molecular flexibility index (Phi) is 7.57. The standard InChI is InChI=1S/C27H24BrClFNO5/c1-27(12-16-3-7-21(29)8-4-16)13-19-9-18(10-23(35-2)25(19)36-27)26(34)31(15-24(32)33)14-17-5-6-20(28)11-22(17)30/h3-11H,12-15H2,1-2H3,(H,32,33). The number of carboxylic acids is 1. The van der Waals surface area contributed by atoms with E-state index >= 15 is 0 Å². The third-order valence-corrected chi connectivity index (χ3v) is 6.74. The van der Waals surface area contributed by atoms with Gasteiger partial charge in [-0.2, -0.15) is 0 Å². The van der Waals surface area contributed by atoms with Crippen LogP contribution in [0.4, 0.5) is 4.39 Å². The van der Waals surface area contributed by atoms with Crippen LogP contribution >= 0.6 is 27.5 Å². The number of hydrogen-bond donors (Lipinski definition) is 1. The van der Waals surface area contributed by atoms with Gasteiger partial charge in [0.1, 0.15) is 18.0 Å². The Bertz CT molecular complexity index is 1320. The molecule has 1 heterocycles. The van der Waals surface area contributed by atoms with Crippen molar-refractivity contribution in [1.29, 1.82) is 0 Å². The molecule has 9 heteroatoms. The van der Waals surface area contributed by atoms with E-state index in [1.54, 1.807) is 12.1 Å². The number of hydrogen-bond acceptors (Lipinski definition) is 4. The van der Waals surface area contributed by atoms with Crippen LogP contribution in [0, 0.1) is 5.82 Å². The molecule has 3 aromatic carbocycles. The van der Waals surface area contributed by atoms with Gasteiger partial charge in [-0.05, 0) is 48.9 Å². The minimum absolute atomic E-state index is 0.200. The molecule has 0 aliphatic carbocycles. The Labute approximate surface area is 221 Å². The number of amides is 1. The highest BCUT2D eigenvalue weighted by Crippen LogP contribution is 2.44. The summed E-state index contributed by atoms with van der Waals surface area (Å²) >= 11 is 9.20. The van der Waals surface area contributed by atoms with E-state index in [-0.39, 0.29) is 17.7 Å². The van der Waals surface area contributed by atoms with E-state index in [1.165, 1.54) is 25.3 Å². The van der Waals surface area contributed by atoms with Crippen molar-refractivity contribution < 1.29 is 28.6 Å². The summed E-state index contributed by atoms with van der Waals surface area (Å²) in [5.41, 5.74) is 1.70. The lowest BCUT2D eigenvalue weighted by molar-refractivity contribution is -0.137. The molecule has 0 aromatic heterocycles. The highest BCUT2D eigenvalue weighted by atomic mass is 79.9. The Morgan fingerprint density at radius 1 is 1.19 bits per heavy atom. The molecule has 1 N–H and O–H groups in total. The summed E-state index contributed by atoms with van der Waals surface area (Å²) in [5, 5.41) is 10.1. The van der Waals surface area contributed by atoms with Gasteiger partial charge in [-0.25, -0.2) is 4.39 Å². The van der Waals surface area contributed by atoms with Crippen molar-refractivity contribution in [2.24, 2.45) is 0 Å². The quantitative estimate of drug-likeness (QED) is 0.361. The van der Waals surface area contributed by atoms with Gasteiger partial charge in [0.15, 0.2) is 11.5 Å². The fourth-order valence-corrected chi connectivity index (χ4v) is 4.86. The van der Waals surface area contributed by atoms with Crippen LogP contribution in [0.3, 0.4) is 0 Å². The first-order valence-electron chi connectivity index (χ1n) is 11.2. The molecule has 1 aliphatic heterocycles. The van der Waals surface area contributed by atoms with Crippen LogP contribution in [0.5, 0.6) is 11.5 Å². The lowest BCUT2D eigenvalue weighted by Gasteiger charge is -2.24. The van der Waals surface area contributed by atoms with Crippen molar-refractivity contribution in [3.63, 3.8) is 0 Å². The predicted octanol–water partition coefficient (Wildman–Crippen LogP) is 5.91. The zero-order valence-electron chi connectivity index (χ0n) is 19.7. The van der Waals surface area contributed by atoms with Crippen LogP contribution in [-0.4, -0.2) is 41.1 Å². The number of halogens is 3. The second kappa shape index (κ2) is 10.5. The first-order valence-corrected chi connectivity index (χ1v) is 12.3. The lowest BCUT2D eigenvalue weighted by atomic mass is 9.91. The SMILES string of the molecule is COc1cc(C(=O)N(CC(=O)O)Cc2ccc(Br)cc2F)cc2c1OC(C)(Cc1ccc(Cl)cc1)C2. The van der Waals surface area contributed by atoms with Crippen molar-refractivity contribution >= 4 is 39.4 Å². The number of fused-ring (bicyclic) bond motifs is 1. The lowest BCUT2D eigenvalue weighted by Crippen LogP contribution is -2.35. The van der Waals surface area contributed by atoms with Crippen LogP contribution < -0.4 is 9.47 Å². The molecule has 3 aromatic rings. The predicted molar refractivity (Wildman–Crippen MR) is 137 cm³/mol. The van der Waals surface area contributed by atoms with Gasteiger partial charge in [0.2, 0.25) is 0 Å². The van der Waals surface area contributed by atoms with E-state index in [0.717, 1.165) is 16.0 Å². The van der Waals surface area contributed by atoms with Gasteiger partial charge in [-0.3, -0.25) is 9.59 Å². The number of nitrogens with zero attached hydrogens (tertiary/aromatic N) is 1. The van der Waals surface area contributed by atoms with E-state index in [9.17, 15) is 19.1 Å². The molecule has 1 amide bonds. The fourth-order valence-electron chi connectivity index (χ4n) is 4.40. The number of aliphatic carboxylic acids is 1. The number of carboxylic acid groups (broad SMARTS) is 1. The zero-order chi connectivity index (χ0) is 26.0. The molecule has 0 fully saturated rings. The van der Waals surface area contributed by atoms with Gasteiger partial charge in [0.05, 0.1) is 7.11 Å². The van der Waals surface area contributed by atoms with Crippen LogP contribution in [0.1, 0.15) is 34.0 Å². The first-order chi connectivity index (χ1) is 17.1. The number of carbonyl (C=O) groups is 2. The van der Waals surface area contributed by atoms with Crippen LogP contribution in [-0.2, 0) is 24.2 Å². The first kappa shape index (κ1) is 26.0. The third-order valence-electron chi connectivity index (χ3n) is 5.99. The van der Waals surface area contributed by atoms with Crippen molar-refractivity contribution in [3.8, 4) is 11.5 Å². The second-order valence-corrected chi connectivity index (χ2v) is 10.3. The monoisotopic (exact) mass is 575 g/mol. The molecule has 6 nitrogen and oxygen atoms in total. The highest BCUT2D eigenvalue weighted by molar-refractivity contribution is 9.10. The maximum Gasteiger partial charge on any atom is 0.323 e. The van der Waals surface area contributed by atoms with Crippen LogP contribution in [0.2, 0.25) is 5.02 Å². The van der Waals surface area contributed by atoms with Gasteiger partial charge >= 0.3 is 5.97 Å². The molecule has 0 saturated heterocycles. The van der Waals surface area contributed by atoms with Crippen molar-refractivity contribution in [1.82, 2.24) is 4.90 Å². The normalized spacial score (nSPS) is 16.2. The molecule has 1 aliphatic rings. The summed E-state index contributed by atoms with van der Waals surface area (Å²) in [7, 11) is 1.48. The fraction of sp³-hybridized carbons (Fsp3) is 0.259. The average Bonchev–Trinajstić information content (AvgIpc) is 3.16. The van der Waals surface area contributed by atoms with Crippen LogP contribution in [0.15, 0.2) is 59.1 Å². The van der Waals surface area contributed by atoms with Gasteiger partial charge in [-0.15, -0.1) is 0 Å². The number of ether oxygens (including phenoxy) is 2. The maximum absolute atomic E-state index is 14.4. The van der Waals surface area contributed by atoms with E-state index in [1.807, 2.05) is 31.2 Å². The summed E-state index contributed by atoms with van der Waals surface area (Å²) in [6.45, 7) is 1.20. The molecule has 4 rings (SSSR count). The van der Waals surface area contributed by atoms with Gasteiger partial charge in [-0.1, -0.05) is 45.7 Å². The number of rotatable bonds is 8. The molecule has 0 bridgehead atoms. The third kappa shape index (κ3) is 5.82. The number of benzene rings is 3. The van der Waals surface area contributed by atoms with E-state index in [0.29, 0.717) is 33.8 Å². The summed E-state index contributed by atoms with van der Waals surface area (Å²) in [4.78, 5) is 26.0. The van der Waals surface area contributed by atoms with E-state index < -0.39 is 29.8 Å². The largest absolute Gasteiger partial charge is 0.493 e. The van der Waals surface area contributed by atoms with Gasteiger partial charge in [0.25, 0.3) is 5.91 Å². The summed E-state index contributed by atoms with van der Waals surface area (Å²) in [6, 6.07) is 15.2. The molecular formula is C27H24BrClFNO5. The molecule has 0 saturated carbocycles. The molecule has 0 radical (unpaired) electrons. The smallest absolute Gasteiger partial charge is 0.323 e. The zero-order valence-corrected chi connectivity index (χ0v) is 22.0. The Morgan fingerprint density at radius 2 is 1.92 bits per heavy atom. The van der Waals surface area contributed by atoms with Gasteiger partial charge in [0, 0.05) is 45.6 Å². The topological polar surface area (TPSA) is 76.1 Å². The summed E-state index contributed by atoms with van der Waals surface area (Å²) in [6.07, 6.45) is 1.13. The maximum atomic E-state index is 14.4. The minimum atomic E-state index is -1.20.